The minimum Gasteiger partial charge on any atom is -0.487 e. The van der Waals surface area contributed by atoms with Gasteiger partial charge in [-0.2, -0.15) is 0 Å². The van der Waals surface area contributed by atoms with E-state index < -0.39 is 0 Å². The molecule has 7 heteroatoms. The van der Waals surface area contributed by atoms with Gasteiger partial charge in [0.1, 0.15) is 31.2 Å². The Morgan fingerprint density at radius 1 is 1.10 bits per heavy atom. The predicted octanol–water partition coefficient (Wildman–Crippen LogP) is 4.25. The molecule has 4 aromatic rings. The highest BCUT2D eigenvalue weighted by Gasteiger charge is 2.13. The molecule has 0 unspecified atom stereocenters. The Bertz CT molecular complexity index is 1250. The summed E-state index contributed by atoms with van der Waals surface area (Å²) in [5, 5.41) is 2.88. The predicted molar refractivity (Wildman–Crippen MR) is 116 cm³/mol. The van der Waals surface area contributed by atoms with Gasteiger partial charge in [-0.25, -0.2) is 4.98 Å². The second-order valence-electron chi connectivity index (χ2n) is 7.28. The van der Waals surface area contributed by atoms with Crippen molar-refractivity contribution in [1.82, 2.24) is 9.38 Å². The molecule has 0 saturated heterocycles. The lowest BCUT2D eigenvalue weighted by atomic mass is 10.2. The minimum absolute atomic E-state index is 0.209. The third-order valence-electron chi connectivity index (χ3n) is 5.03. The average molecular weight is 415 g/mol. The highest BCUT2D eigenvalue weighted by molar-refractivity contribution is 6.04. The number of carbonyl (C=O) groups is 1. The van der Waals surface area contributed by atoms with Crippen LogP contribution in [-0.2, 0) is 6.61 Å². The quantitative estimate of drug-likeness (QED) is 0.528. The molecule has 1 amide bonds. The molecule has 2 aromatic carbocycles. The summed E-state index contributed by atoms with van der Waals surface area (Å²) in [5.41, 5.74) is 4.06. The van der Waals surface area contributed by atoms with Gasteiger partial charge in [0.15, 0.2) is 11.5 Å². The molecule has 2 aromatic heterocycles. The van der Waals surface area contributed by atoms with Crippen LogP contribution < -0.4 is 19.5 Å². The Morgan fingerprint density at radius 3 is 2.71 bits per heavy atom. The summed E-state index contributed by atoms with van der Waals surface area (Å²) in [6.45, 7) is 3.41. The average Bonchev–Trinajstić information content (AvgIpc) is 3.22. The van der Waals surface area contributed by atoms with Crippen LogP contribution in [0.5, 0.6) is 17.2 Å². The number of hydrogen-bond acceptors (Lipinski definition) is 5. The molecule has 0 radical (unpaired) electrons. The molecule has 1 aliphatic rings. The molecule has 0 aliphatic carbocycles. The fraction of sp³-hybridized carbons (Fsp3) is 0.167. The molecular formula is C24H21N3O4. The summed E-state index contributed by atoms with van der Waals surface area (Å²) in [6.07, 6.45) is 3.92. The number of pyridine rings is 1. The number of amides is 1. The second kappa shape index (κ2) is 8.02. The van der Waals surface area contributed by atoms with Crippen molar-refractivity contribution in [2.24, 2.45) is 0 Å². The van der Waals surface area contributed by atoms with Crippen molar-refractivity contribution in [1.29, 1.82) is 0 Å². The number of aromatic nitrogens is 2. The van der Waals surface area contributed by atoms with Gasteiger partial charge in [0.05, 0.1) is 5.69 Å². The van der Waals surface area contributed by atoms with Gasteiger partial charge in [-0.05, 0) is 55.0 Å². The first-order chi connectivity index (χ1) is 15.2. The van der Waals surface area contributed by atoms with Crippen LogP contribution in [0.4, 0.5) is 5.69 Å². The Labute approximate surface area is 179 Å². The number of carbonyl (C=O) groups excluding carboxylic acids is 1. The van der Waals surface area contributed by atoms with Crippen molar-refractivity contribution >= 4 is 17.2 Å². The van der Waals surface area contributed by atoms with Gasteiger partial charge in [0, 0.05) is 29.7 Å². The minimum atomic E-state index is -0.209. The molecule has 0 atom stereocenters. The first-order valence-corrected chi connectivity index (χ1v) is 10.0. The molecular weight excluding hydrogens is 394 g/mol. The smallest absolute Gasteiger partial charge is 0.255 e. The molecule has 0 fully saturated rings. The summed E-state index contributed by atoms with van der Waals surface area (Å²) < 4.78 is 18.9. The number of fused-ring (bicyclic) bond motifs is 2. The van der Waals surface area contributed by atoms with Crippen LogP contribution in [0.1, 0.15) is 21.6 Å². The van der Waals surface area contributed by atoms with Crippen LogP contribution in [-0.4, -0.2) is 28.5 Å². The summed E-state index contributed by atoms with van der Waals surface area (Å²) in [5.74, 6) is 1.78. The highest BCUT2D eigenvalue weighted by Crippen LogP contribution is 2.32. The van der Waals surface area contributed by atoms with E-state index in [1.54, 1.807) is 42.5 Å². The number of nitrogens with zero attached hydrogens (tertiary/aromatic N) is 2. The normalized spacial score (nSPS) is 12.5. The van der Waals surface area contributed by atoms with Crippen molar-refractivity contribution in [3.8, 4) is 17.2 Å². The van der Waals surface area contributed by atoms with Crippen LogP contribution in [0.2, 0.25) is 0 Å². The SMILES string of the molecule is Cc1cccn2cc(COc3ccc(C(=O)Nc4ccc5c(c4)OCCO5)cc3)nc12. The third kappa shape index (κ3) is 4.02. The van der Waals surface area contributed by atoms with Crippen molar-refractivity contribution in [3.63, 3.8) is 0 Å². The van der Waals surface area contributed by atoms with Gasteiger partial charge < -0.3 is 23.9 Å². The van der Waals surface area contributed by atoms with E-state index in [2.05, 4.69) is 10.3 Å². The van der Waals surface area contributed by atoms with Crippen molar-refractivity contribution in [2.45, 2.75) is 13.5 Å². The number of aryl methyl sites for hydroxylation is 1. The third-order valence-corrected chi connectivity index (χ3v) is 5.03. The van der Waals surface area contributed by atoms with E-state index in [0.717, 1.165) is 16.9 Å². The fourth-order valence-electron chi connectivity index (χ4n) is 3.46. The van der Waals surface area contributed by atoms with Gasteiger partial charge >= 0.3 is 0 Å². The first kappa shape index (κ1) is 19.0. The molecule has 31 heavy (non-hydrogen) atoms. The molecule has 0 bridgehead atoms. The number of benzene rings is 2. The van der Waals surface area contributed by atoms with Crippen LogP contribution in [0.15, 0.2) is 67.0 Å². The molecule has 3 heterocycles. The van der Waals surface area contributed by atoms with Gasteiger partial charge in [0.2, 0.25) is 0 Å². The molecule has 1 aliphatic heterocycles. The number of nitrogens with one attached hydrogen (secondary N) is 1. The maximum absolute atomic E-state index is 12.6. The van der Waals surface area contributed by atoms with E-state index in [0.29, 0.717) is 48.3 Å². The van der Waals surface area contributed by atoms with Crippen LogP contribution in [0.3, 0.4) is 0 Å². The summed E-state index contributed by atoms with van der Waals surface area (Å²) in [4.78, 5) is 17.2. The molecule has 5 rings (SSSR count). The summed E-state index contributed by atoms with van der Waals surface area (Å²) in [7, 11) is 0. The molecule has 1 N–H and O–H groups in total. The van der Waals surface area contributed by atoms with Crippen LogP contribution in [0.25, 0.3) is 5.65 Å². The summed E-state index contributed by atoms with van der Waals surface area (Å²) >= 11 is 0. The van der Waals surface area contributed by atoms with Gasteiger partial charge in [-0.3, -0.25) is 4.79 Å². The topological polar surface area (TPSA) is 74.1 Å². The zero-order valence-corrected chi connectivity index (χ0v) is 17.0. The van der Waals surface area contributed by atoms with Gasteiger partial charge in [-0.1, -0.05) is 6.07 Å². The summed E-state index contributed by atoms with van der Waals surface area (Å²) in [6, 6.07) is 16.4. The largest absolute Gasteiger partial charge is 0.487 e. The number of anilines is 1. The number of imidazole rings is 1. The van der Waals surface area contributed by atoms with Crippen LogP contribution >= 0.6 is 0 Å². The van der Waals surface area contributed by atoms with E-state index in [1.165, 1.54) is 0 Å². The molecule has 156 valence electrons. The molecule has 0 spiro atoms. The van der Waals surface area contributed by atoms with Crippen molar-refractivity contribution in [2.75, 3.05) is 18.5 Å². The van der Waals surface area contributed by atoms with Gasteiger partial charge in [0.25, 0.3) is 5.91 Å². The van der Waals surface area contributed by atoms with E-state index in [9.17, 15) is 4.79 Å². The van der Waals surface area contributed by atoms with E-state index >= 15 is 0 Å². The number of rotatable bonds is 5. The first-order valence-electron chi connectivity index (χ1n) is 10.0. The lowest BCUT2D eigenvalue weighted by molar-refractivity contribution is 0.102. The zero-order chi connectivity index (χ0) is 21.2. The standard InChI is InChI=1S/C24H21N3O4/c1-16-3-2-10-27-14-19(25-23(16)27)15-31-20-7-4-17(5-8-20)24(28)26-18-6-9-21-22(13-18)30-12-11-29-21/h2-10,13-14H,11-12,15H2,1H3,(H,26,28). The van der Waals surface area contributed by atoms with E-state index in [1.807, 2.05) is 35.9 Å². The monoisotopic (exact) mass is 415 g/mol. The van der Waals surface area contributed by atoms with E-state index in [4.69, 9.17) is 14.2 Å². The highest BCUT2D eigenvalue weighted by atomic mass is 16.6. The van der Waals surface area contributed by atoms with Crippen molar-refractivity contribution in [3.05, 3.63) is 83.8 Å². The van der Waals surface area contributed by atoms with Crippen molar-refractivity contribution < 1.29 is 19.0 Å². The van der Waals surface area contributed by atoms with Gasteiger partial charge in [-0.15, -0.1) is 0 Å². The maximum atomic E-state index is 12.6. The second-order valence-corrected chi connectivity index (χ2v) is 7.28. The lowest BCUT2D eigenvalue weighted by Crippen LogP contribution is -2.16. The van der Waals surface area contributed by atoms with E-state index in [-0.39, 0.29) is 5.91 Å². The molecule has 7 nitrogen and oxygen atoms in total. The zero-order valence-electron chi connectivity index (χ0n) is 17.0. The van der Waals surface area contributed by atoms with Crippen LogP contribution in [0, 0.1) is 6.92 Å². The maximum Gasteiger partial charge on any atom is 0.255 e. The molecule has 0 saturated carbocycles. The lowest BCUT2D eigenvalue weighted by Gasteiger charge is -2.19. The Morgan fingerprint density at radius 2 is 1.90 bits per heavy atom. The number of ether oxygens (including phenoxy) is 3. The Kier molecular flexibility index (Phi) is 4.92. The Balaban J connectivity index is 1.22. The Hall–Kier alpha value is -4.00. The fourth-order valence-corrected chi connectivity index (χ4v) is 3.46. The number of hydrogen-bond donors (Lipinski definition) is 1.